The van der Waals surface area contributed by atoms with Gasteiger partial charge in [-0.25, -0.2) is 0 Å². The number of aromatic nitrogens is 1. The van der Waals surface area contributed by atoms with Gasteiger partial charge in [0.2, 0.25) is 5.91 Å². The van der Waals surface area contributed by atoms with Gasteiger partial charge in [0.25, 0.3) is 0 Å². The zero-order chi connectivity index (χ0) is 14.4. The number of rotatable bonds is 5. The monoisotopic (exact) mass is 276 g/mol. The van der Waals surface area contributed by atoms with Gasteiger partial charge in [0.1, 0.15) is 0 Å². The molecule has 1 heterocycles. The molecule has 1 aliphatic carbocycles. The molecule has 4 nitrogen and oxygen atoms in total. The summed E-state index contributed by atoms with van der Waals surface area (Å²) in [7, 11) is 0. The summed E-state index contributed by atoms with van der Waals surface area (Å²) in [5.41, 5.74) is 2.65. The largest absolute Gasteiger partial charge is 0.364 e. The van der Waals surface area contributed by atoms with Gasteiger partial charge >= 0.3 is 0 Å². The molecule has 110 valence electrons. The Balaban J connectivity index is 2.07. The Morgan fingerprint density at radius 3 is 2.90 bits per heavy atom. The maximum Gasteiger partial charge on any atom is 0.224 e. The van der Waals surface area contributed by atoms with E-state index in [1.165, 1.54) is 6.42 Å². The van der Waals surface area contributed by atoms with Crippen LogP contribution in [0.25, 0.3) is 0 Å². The predicted molar refractivity (Wildman–Crippen MR) is 79.9 cm³/mol. The topological polar surface area (TPSA) is 62.0 Å². The normalized spacial score (nSPS) is 14.4. The van der Waals surface area contributed by atoms with Gasteiger partial charge in [-0.1, -0.05) is 19.8 Å². The molecule has 0 saturated heterocycles. The minimum Gasteiger partial charge on any atom is -0.364 e. The fourth-order valence-electron chi connectivity index (χ4n) is 2.70. The molecule has 0 atom stereocenters. The first-order valence-corrected chi connectivity index (χ1v) is 7.71. The van der Waals surface area contributed by atoms with Gasteiger partial charge in [-0.15, -0.1) is 0 Å². The Bertz CT molecular complexity index is 520. The highest BCUT2D eigenvalue weighted by Crippen LogP contribution is 2.16. The van der Waals surface area contributed by atoms with E-state index in [9.17, 15) is 9.59 Å². The zero-order valence-corrected chi connectivity index (χ0v) is 12.3. The number of fused-ring (bicyclic) bond motifs is 1. The number of nitrogens with one attached hydrogen (secondary N) is 2. The van der Waals surface area contributed by atoms with Crippen molar-refractivity contribution in [2.45, 2.75) is 58.3 Å². The molecule has 20 heavy (non-hydrogen) atoms. The maximum atomic E-state index is 12.4. The third-order valence-electron chi connectivity index (χ3n) is 3.91. The second kappa shape index (κ2) is 7.27. The zero-order valence-electron chi connectivity index (χ0n) is 12.3. The molecule has 1 aliphatic rings. The number of pyridine rings is 1. The number of carbonyl (C=O) groups excluding carboxylic acids is 1. The Hall–Kier alpha value is -1.58. The molecule has 0 spiro atoms. The second-order valence-corrected chi connectivity index (χ2v) is 5.54. The summed E-state index contributed by atoms with van der Waals surface area (Å²) in [5.74, 6) is -0.0579. The lowest BCUT2D eigenvalue weighted by Crippen LogP contribution is -2.29. The predicted octanol–water partition coefficient (Wildman–Crippen LogP) is 2.10. The third kappa shape index (κ3) is 3.71. The summed E-state index contributed by atoms with van der Waals surface area (Å²) in [6.45, 7) is 2.78. The van der Waals surface area contributed by atoms with Crippen LogP contribution in [0.15, 0.2) is 11.0 Å². The molecule has 1 amide bonds. The van der Waals surface area contributed by atoms with Gasteiger partial charge in [0.15, 0.2) is 5.43 Å². The van der Waals surface area contributed by atoms with Crippen molar-refractivity contribution in [3.8, 4) is 0 Å². The van der Waals surface area contributed by atoms with Crippen LogP contribution in [0.1, 0.15) is 55.8 Å². The van der Waals surface area contributed by atoms with Gasteiger partial charge in [0.05, 0.1) is 6.42 Å². The molecule has 0 radical (unpaired) electrons. The minimum absolute atomic E-state index is 0.0579. The lowest BCUT2D eigenvalue weighted by Gasteiger charge is -2.08. The van der Waals surface area contributed by atoms with Gasteiger partial charge in [-0.3, -0.25) is 9.59 Å². The van der Waals surface area contributed by atoms with Crippen LogP contribution in [0.2, 0.25) is 0 Å². The first-order valence-electron chi connectivity index (χ1n) is 7.71. The van der Waals surface area contributed by atoms with E-state index in [4.69, 9.17) is 0 Å². The molecule has 2 N–H and O–H groups in total. The van der Waals surface area contributed by atoms with Crippen molar-refractivity contribution >= 4 is 5.91 Å². The number of aryl methyl sites for hydroxylation is 1. The van der Waals surface area contributed by atoms with Gasteiger partial charge in [-0.05, 0) is 32.1 Å². The molecule has 2 rings (SSSR count). The average Bonchev–Trinajstić information content (AvgIpc) is 2.68. The van der Waals surface area contributed by atoms with Crippen LogP contribution in [-0.2, 0) is 24.1 Å². The number of H-pyrrole nitrogens is 1. The van der Waals surface area contributed by atoms with Crippen LogP contribution in [0.5, 0.6) is 0 Å². The van der Waals surface area contributed by atoms with E-state index in [0.717, 1.165) is 49.8 Å². The van der Waals surface area contributed by atoms with Crippen molar-refractivity contribution in [1.82, 2.24) is 10.3 Å². The van der Waals surface area contributed by atoms with Crippen LogP contribution < -0.4 is 10.7 Å². The lowest BCUT2D eigenvalue weighted by atomic mass is 10.0. The summed E-state index contributed by atoms with van der Waals surface area (Å²) in [6, 6.07) is 0. The lowest BCUT2D eigenvalue weighted by molar-refractivity contribution is -0.120. The van der Waals surface area contributed by atoms with Crippen molar-refractivity contribution in [1.29, 1.82) is 0 Å². The van der Waals surface area contributed by atoms with Crippen LogP contribution in [0.4, 0.5) is 0 Å². The van der Waals surface area contributed by atoms with E-state index >= 15 is 0 Å². The van der Waals surface area contributed by atoms with Crippen LogP contribution >= 0.6 is 0 Å². The number of carbonyl (C=O) groups is 1. The fraction of sp³-hybridized carbons (Fsp3) is 0.625. The summed E-state index contributed by atoms with van der Waals surface area (Å²) in [4.78, 5) is 27.5. The Morgan fingerprint density at radius 2 is 2.10 bits per heavy atom. The molecular formula is C16H24N2O2. The Kier molecular flexibility index (Phi) is 5.39. The number of unbranched alkanes of at least 4 members (excludes halogenated alkanes) is 1. The number of aromatic amines is 1. The van der Waals surface area contributed by atoms with E-state index in [0.29, 0.717) is 12.1 Å². The maximum absolute atomic E-state index is 12.4. The number of hydrogen-bond donors (Lipinski definition) is 2. The van der Waals surface area contributed by atoms with E-state index in [1.54, 1.807) is 6.20 Å². The molecule has 1 aromatic heterocycles. The van der Waals surface area contributed by atoms with Crippen molar-refractivity contribution in [2.75, 3.05) is 6.54 Å². The van der Waals surface area contributed by atoms with Gasteiger partial charge in [-0.2, -0.15) is 0 Å². The van der Waals surface area contributed by atoms with Crippen molar-refractivity contribution in [3.63, 3.8) is 0 Å². The van der Waals surface area contributed by atoms with Crippen molar-refractivity contribution in [2.24, 2.45) is 0 Å². The highest BCUT2D eigenvalue weighted by atomic mass is 16.1. The summed E-state index contributed by atoms with van der Waals surface area (Å²) >= 11 is 0. The van der Waals surface area contributed by atoms with Gasteiger partial charge < -0.3 is 10.3 Å². The summed E-state index contributed by atoms with van der Waals surface area (Å²) < 4.78 is 0. The highest BCUT2D eigenvalue weighted by Gasteiger charge is 2.15. The number of hydrogen-bond acceptors (Lipinski definition) is 2. The van der Waals surface area contributed by atoms with Crippen molar-refractivity contribution in [3.05, 3.63) is 33.2 Å². The highest BCUT2D eigenvalue weighted by molar-refractivity contribution is 5.78. The van der Waals surface area contributed by atoms with Crippen LogP contribution in [-0.4, -0.2) is 17.4 Å². The summed E-state index contributed by atoms with van der Waals surface area (Å²) in [5, 5.41) is 2.86. The molecule has 0 saturated carbocycles. The minimum atomic E-state index is -0.0579. The SMILES string of the molecule is CCCCNC(=O)Cc1c[nH]c2c(c1=O)CCCCC2. The molecular weight excluding hydrogens is 252 g/mol. The molecule has 0 aromatic carbocycles. The van der Waals surface area contributed by atoms with E-state index < -0.39 is 0 Å². The van der Waals surface area contributed by atoms with E-state index in [2.05, 4.69) is 17.2 Å². The van der Waals surface area contributed by atoms with E-state index in [1.807, 2.05) is 0 Å². The van der Waals surface area contributed by atoms with E-state index in [-0.39, 0.29) is 17.8 Å². The second-order valence-electron chi connectivity index (χ2n) is 5.54. The van der Waals surface area contributed by atoms with Gasteiger partial charge in [0, 0.05) is 29.6 Å². The van der Waals surface area contributed by atoms with Crippen molar-refractivity contribution < 1.29 is 4.79 Å². The quantitative estimate of drug-likeness (QED) is 0.639. The molecule has 0 bridgehead atoms. The first-order chi connectivity index (χ1) is 9.72. The third-order valence-corrected chi connectivity index (χ3v) is 3.91. The standard InChI is InChI=1S/C16H24N2O2/c1-2-3-9-17-15(19)10-12-11-18-14-8-6-4-5-7-13(14)16(12)20/h11H,2-10H2,1H3,(H,17,19)(H,18,20). The molecule has 0 aliphatic heterocycles. The average molecular weight is 276 g/mol. The molecule has 4 heteroatoms. The summed E-state index contributed by atoms with van der Waals surface area (Å²) in [6.07, 6.45) is 9.13. The molecule has 0 unspecified atom stereocenters. The Morgan fingerprint density at radius 1 is 1.30 bits per heavy atom. The smallest absolute Gasteiger partial charge is 0.224 e. The number of amides is 1. The van der Waals surface area contributed by atoms with Crippen LogP contribution in [0, 0.1) is 0 Å². The first kappa shape index (κ1) is 14.8. The molecule has 0 fully saturated rings. The fourth-order valence-corrected chi connectivity index (χ4v) is 2.70. The molecule has 1 aromatic rings. The Labute approximate surface area is 120 Å². The van der Waals surface area contributed by atoms with Crippen LogP contribution in [0.3, 0.4) is 0 Å².